The second-order valence-corrected chi connectivity index (χ2v) is 5.75. The van der Waals surface area contributed by atoms with Crippen LogP contribution in [0.15, 0.2) is 18.2 Å². The van der Waals surface area contributed by atoms with Crippen molar-refractivity contribution in [3.05, 3.63) is 33.8 Å². The molecule has 0 saturated carbocycles. The summed E-state index contributed by atoms with van der Waals surface area (Å²) in [5.41, 5.74) is 1.07. The van der Waals surface area contributed by atoms with Crippen LogP contribution in [0.25, 0.3) is 0 Å². The van der Waals surface area contributed by atoms with E-state index in [0.29, 0.717) is 4.83 Å². The van der Waals surface area contributed by atoms with Gasteiger partial charge in [0.05, 0.1) is 0 Å². The molecule has 0 N–H and O–H groups in total. The van der Waals surface area contributed by atoms with Crippen molar-refractivity contribution in [2.75, 3.05) is 0 Å². The molecule has 0 saturated heterocycles. The fraction of sp³-hybridized carbons (Fsp3) is 0.455. The zero-order chi connectivity index (χ0) is 10.6. The molecule has 0 radical (unpaired) electrons. The van der Waals surface area contributed by atoms with E-state index >= 15 is 0 Å². The second kappa shape index (κ2) is 5.99. The monoisotopic (exact) mass is 294 g/mol. The largest absolute Gasteiger partial charge is 0.0894 e. The minimum atomic E-state index is 0.559. The predicted octanol–water partition coefficient (Wildman–Crippen LogP) is 5.10. The smallest absolute Gasteiger partial charge is 0.0452 e. The summed E-state index contributed by atoms with van der Waals surface area (Å²) in [6, 6.07) is 5.65. The van der Waals surface area contributed by atoms with Gasteiger partial charge in [0.25, 0.3) is 0 Å². The molecule has 0 aliphatic carbocycles. The molecule has 14 heavy (non-hydrogen) atoms. The van der Waals surface area contributed by atoms with Crippen LogP contribution in [-0.2, 0) is 6.42 Å². The van der Waals surface area contributed by atoms with Gasteiger partial charge < -0.3 is 0 Å². The van der Waals surface area contributed by atoms with Gasteiger partial charge in [-0.2, -0.15) is 0 Å². The van der Waals surface area contributed by atoms with Crippen molar-refractivity contribution in [1.29, 1.82) is 0 Å². The minimum Gasteiger partial charge on any atom is -0.0894 e. The predicted molar refractivity (Wildman–Crippen MR) is 67.8 cm³/mol. The molecule has 0 spiro atoms. The van der Waals surface area contributed by atoms with E-state index in [1.165, 1.54) is 0 Å². The first-order valence-electron chi connectivity index (χ1n) is 4.68. The van der Waals surface area contributed by atoms with E-state index in [1.54, 1.807) is 0 Å². The summed E-state index contributed by atoms with van der Waals surface area (Å²) in [7, 11) is 0. The zero-order valence-electron chi connectivity index (χ0n) is 8.06. The number of benzene rings is 1. The van der Waals surface area contributed by atoms with Crippen molar-refractivity contribution >= 4 is 39.1 Å². The maximum atomic E-state index is 6.05. The van der Waals surface area contributed by atoms with Gasteiger partial charge in [-0.15, -0.1) is 0 Å². The lowest BCUT2D eigenvalue weighted by molar-refractivity contribution is 0.736. The molecule has 1 aromatic carbocycles. The molecule has 1 unspecified atom stereocenters. The van der Waals surface area contributed by atoms with Gasteiger partial charge in [-0.05, 0) is 37.0 Å². The number of rotatable bonds is 4. The zero-order valence-corrected chi connectivity index (χ0v) is 11.2. The second-order valence-electron chi connectivity index (χ2n) is 3.37. The van der Waals surface area contributed by atoms with Crippen LogP contribution in [0.2, 0.25) is 10.0 Å². The highest BCUT2D eigenvalue weighted by Crippen LogP contribution is 2.26. The van der Waals surface area contributed by atoms with Crippen LogP contribution in [0, 0.1) is 0 Å². The average molecular weight is 296 g/mol. The lowest BCUT2D eigenvalue weighted by Crippen LogP contribution is -1.94. The van der Waals surface area contributed by atoms with Gasteiger partial charge in [-0.3, -0.25) is 0 Å². The van der Waals surface area contributed by atoms with Crippen LogP contribution in [0.3, 0.4) is 0 Å². The summed E-state index contributed by atoms with van der Waals surface area (Å²) in [6.45, 7) is 2.15. The van der Waals surface area contributed by atoms with Gasteiger partial charge in [-0.25, -0.2) is 0 Å². The van der Waals surface area contributed by atoms with Gasteiger partial charge in [-0.1, -0.05) is 52.1 Å². The Bertz CT molecular complexity index is 277. The van der Waals surface area contributed by atoms with Crippen LogP contribution in [0.5, 0.6) is 0 Å². The number of hydrogen-bond acceptors (Lipinski definition) is 0. The lowest BCUT2D eigenvalue weighted by Gasteiger charge is -2.07. The van der Waals surface area contributed by atoms with Gasteiger partial charge >= 0.3 is 0 Å². The van der Waals surface area contributed by atoms with Crippen molar-refractivity contribution in [3.63, 3.8) is 0 Å². The van der Waals surface area contributed by atoms with Gasteiger partial charge in [0.15, 0.2) is 0 Å². The summed E-state index contributed by atoms with van der Waals surface area (Å²) in [5, 5.41) is 1.56. The maximum Gasteiger partial charge on any atom is 0.0452 e. The first-order chi connectivity index (χ1) is 6.61. The van der Waals surface area contributed by atoms with Gasteiger partial charge in [0.2, 0.25) is 0 Å². The van der Waals surface area contributed by atoms with E-state index in [2.05, 4.69) is 22.9 Å². The van der Waals surface area contributed by atoms with Gasteiger partial charge in [0, 0.05) is 14.9 Å². The van der Waals surface area contributed by atoms with Crippen LogP contribution in [0.1, 0.15) is 25.3 Å². The Hall–Kier alpha value is 0.280. The summed E-state index contributed by atoms with van der Waals surface area (Å²) < 4.78 is 0. The third kappa shape index (κ3) is 3.80. The molecule has 3 heteroatoms. The highest BCUT2D eigenvalue weighted by atomic mass is 79.9. The molecule has 0 nitrogen and oxygen atoms in total. The molecule has 0 bridgehead atoms. The van der Waals surface area contributed by atoms with E-state index in [0.717, 1.165) is 34.9 Å². The quantitative estimate of drug-likeness (QED) is 0.678. The van der Waals surface area contributed by atoms with Crippen LogP contribution in [0.4, 0.5) is 0 Å². The minimum absolute atomic E-state index is 0.559. The molecule has 1 atom stereocenters. The third-order valence-electron chi connectivity index (χ3n) is 2.09. The molecule has 78 valence electrons. The first-order valence-corrected chi connectivity index (χ1v) is 6.35. The molecular weight excluding hydrogens is 283 g/mol. The van der Waals surface area contributed by atoms with Crippen LogP contribution >= 0.6 is 39.1 Å². The number of alkyl halides is 1. The maximum absolute atomic E-state index is 6.05. The molecule has 0 fully saturated rings. The normalized spacial score (nSPS) is 12.9. The summed E-state index contributed by atoms with van der Waals surface area (Å²) in [6.07, 6.45) is 3.20. The highest BCUT2D eigenvalue weighted by Gasteiger charge is 2.05. The Kier molecular flexibility index (Phi) is 5.29. The number of halogens is 3. The Morgan fingerprint density at radius 2 is 1.86 bits per heavy atom. The van der Waals surface area contributed by atoms with Crippen molar-refractivity contribution in [1.82, 2.24) is 0 Å². The topological polar surface area (TPSA) is 0 Å². The fourth-order valence-electron chi connectivity index (χ4n) is 1.33. The lowest BCUT2D eigenvalue weighted by atomic mass is 10.1. The summed E-state index contributed by atoms with van der Waals surface area (Å²) >= 11 is 15.6. The standard InChI is InChI=1S/C11H13BrCl2/c1-8(12)4-2-5-9-10(13)6-3-7-11(9)14/h3,6-8H,2,4-5H2,1H3. The van der Waals surface area contributed by atoms with Crippen LogP contribution in [-0.4, -0.2) is 4.83 Å². The Balaban J connectivity index is 2.58. The van der Waals surface area contributed by atoms with E-state index in [9.17, 15) is 0 Å². The van der Waals surface area contributed by atoms with Crippen molar-refractivity contribution in [2.24, 2.45) is 0 Å². The van der Waals surface area contributed by atoms with E-state index in [4.69, 9.17) is 23.2 Å². The van der Waals surface area contributed by atoms with Crippen molar-refractivity contribution < 1.29 is 0 Å². The van der Waals surface area contributed by atoms with Crippen molar-refractivity contribution in [3.8, 4) is 0 Å². The van der Waals surface area contributed by atoms with E-state index in [-0.39, 0.29) is 0 Å². The first kappa shape index (κ1) is 12.4. The molecule has 0 amide bonds. The molecule has 0 aliphatic heterocycles. The molecule has 0 aliphatic rings. The molecule has 0 heterocycles. The van der Waals surface area contributed by atoms with E-state index in [1.807, 2.05) is 18.2 Å². The highest BCUT2D eigenvalue weighted by molar-refractivity contribution is 9.09. The number of hydrogen-bond donors (Lipinski definition) is 0. The van der Waals surface area contributed by atoms with Crippen LogP contribution < -0.4 is 0 Å². The SMILES string of the molecule is CC(Br)CCCc1c(Cl)cccc1Cl. The Labute approximate surface area is 104 Å². The van der Waals surface area contributed by atoms with Gasteiger partial charge in [0.1, 0.15) is 0 Å². The van der Waals surface area contributed by atoms with Crippen molar-refractivity contribution in [2.45, 2.75) is 31.0 Å². The molecule has 0 aromatic heterocycles. The third-order valence-corrected chi connectivity index (χ3v) is 3.26. The molecular formula is C11H13BrCl2. The fourth-order valence-corrected chi connectivity index (χ4v) is 2.24. The summed E-state index contributed by atoms with van der Waals surface area (Å²) in [4.78, 5) is 0.559. The molecule has 1 rings (SSSR count). The van der Waals surface area contributed by atoms with E-state index < -0.39 is 0 Å². The Morgan fingerprint density at radius 3 is 2.36 bits per heavy atom. The average Bonchev–Trinajstić information content (AvgIpc) is 2.09. The summed E-state index contributed by atoms with van der Waals surface area (Å²) in [5.74, 6) is 0. The molecule has 1 aromatic rings. The Morgan fingerprint density at radius 1 is 1.29 bits per heavy atom.